The van der Waals surface area contributed by atoms with Gasteiger partial charge < -0.3 is 25.3 Å². The number of nitrogens with zero attached hydrogens (tertiary/aromatic N) is 2. The molecule has 0 aromatic heterocycles. The summed E-state index contributed by atoms with van der Waals surface area (Å²) < 4.78 is 0. The van der Waals surface area contributed by atoms with Gasteiger partial charge in [0.15, 0.2) is 6.04 Å². The third kappa shape index (κ3) is 3.59. The molecular formula is C10H17N3O5. The van der Waals surface area contributed by atoms with E-state index in [1.807, 2.05) is 0 Å². The van der Waals surface area contributed by atoms with E-state index in [0.717, 1.165) is 0 Å². The summed E-state index contributed by atoms with van der Waals surface area (Å²) in [6.07, 6.45) is 0. The molecule has 18 heavy (non-hydrogen) atoms. The first kappa shape index (κ1) is 14.2. The van der Waals surface area contributed by atoms with E-state index in [0.29, 0.717) is 26.2 Å². The zero-order chi connectivity index (χ0) is 13.7. The number of hydrogen-bond donors (Lipinski definition) is 3. The van der Waals surface area contributed by atoms with Crippen LogP contribution in [0, 0.1) is 0 Å². The molecule has 102 valence electrons. The molecule has 1 aliphatic heterocycles. The highest BCUT2D eigenvalue weighted by Crippen LogP contribution is 2.02. The fourth-order valence-corrected chi connectivity index (χ4v) is 1.65. The van der Waals surface area contributed by atoms with Crippen LogP contribution >= 0.6 is 0 Å². The molecule has 1 fully saturated rings. The van der Waals surface area contributed by atoms with Gasteiger partial charge >= 0.3 is 12.0 Å². The third-order valence-corrected chi connectivity index (χ3v) is 2.79. The van der Waals surface area contributed by atoms with Crippen molar-refractivity contribution in [2.45, 2.75) is 13.0 Å². The van der Waals surface area contributed by atoms with Gasteiger partial charge in [0.05, 0.1) is 6.61 Å². The summed E-state index contributed by atoms with van der Waals surface area (Å²) in [4.78, 5) is 36.5. The fourth-order valence-electron chi connectivity index (χ4n) is 1.65. The Hall–Kier alpha value is -1.83. The van der Waals surface area contributed by atoms with Crippen LogP contribution in [0.4, 0.5) is 4.79 Å². The van der Waals surface area contributed by atoms with Crippen LogP contribution in [0.15, 0.2) is 0 Å². The minimum absolute atomic E-state index is 0.0474. The second-order valence-electron chi connectivity index (χ2n) is 4.02. The lowest BCUT2D eigenvalue weighted by Crippen LogP contribution is -2.55. The number of carbonyl (C=O) groups excluding carboxylic acids is 2. The molecule has 0 saturated carbocycles. The molecular weight excluding hydrogens is 242 g/mol. The molecule has 3 N–H and O–H groups in total. The summed E-state index contributed by atoms with van der Waals surface area (Å²) in [6, 6.07) is -1.84. The lowest BCUT2D eigenvalue weighted by Gasteiger charge is -2.34. The van der Waals surface area contributed by atoms with Crippen molar-refractivity contribution in [1.29, 1.82) is 0 Å². The lowest BCUT2D eigenvalue weighted by molar-refractivity contribution is -0.140. The maximum atomic E-state index is 11.7. The number of amides is 3. The van der Waals surface area contributed by atoms with Crippen LogP contribution in [0.3, 0.4) is 0 Å². The van der Waals surface area contributed by atoms with Crippen LogP contribution < -0.4 is 5.32 Å². The fraction of sp³-hybridized carbons (Fsp3) is 0.700. The van der Waals surface area contributed by atoms with E-state index in [9.17, 15) is 14.4 Å². The SMILES string of the molecule is CC(=O)N1CCN(C(=O)NC(CO)C(=O)O)CC1. The van der Waals surface area contributed by atoms with E-state index in [2.05, 4.69) is 5.32 Å². The molecule has 1 rings (SSSR count). The zero-order valence-electron chi connectivity index (χ0n) is 10.1. The predicted molar refractivity (Wildman–Crippen MR) is 60.9 cm³/mol. The van der Waals surface area contributed by atoms with Crippen molar-refractivity contribution in [3.63, 3.8) is 0 Å². The number of carboxylic acids is 1. The number of aliphatic carboxylic acids is 1. The number of hydrogen-bond acceptors (Lipinski definition) is 4. The summed E-state index contributed by atoms with van der Waals surface area (Å²) >= 11 is 0. The predicted octanol–water partition coefficient (Wildman–Crippen LogP) is -1.69. The van der Waals surface area contributed by atoms with Crippen molar-refractivity contribution in [2.75, 3.05) is 32.8 Å². The van der Waals surface area contributed by atoms with Gasteiger partial charge in [0.2, 0.25) is 5.91 Å². The quantitative estimate of drug-likeness (QED) is 0.560. The molecule has 0 bridgehead atoms. The Morgan fingerprint density at radius 2 is 1.67 bits per heavy atom. The van der Waals surface area contributed by atoms with Crippen LogP contribution in [0.5, 0.6) is 0 Å². The van der Waals surface area contributed by atoms with E-state index < -0.39 is 24.6 Å². The van der Waals surface area contributed by atoms with Crippen LogP contribution in [0.2, 0.25) is 0 Å². The van der Waals surface area contributed by atoms with Crippen molar-refractivity contribution in [2.24, 2.45) is 0 Å². The van der Waals surface area contributed by atoms with Crippen molar-refractivity contribution in [3.05, 3.63) is 0 Å². The van der Waals surface area contributed by atoms with Crippen LogP contribution in [-0.4, -0.2) is 76.7 Å². The van der Waals surface area contributed by atoms with Crippen molar-refractivity contribution in [3.8, 4) is 0 Å². The highest BCUT2D eigenvalue weighted by molar-refractivity contribution is 5.83. The highest BCUT2D eigenvalue weighted by atomic mass is 16.4. The van der Waals surface area contributed by atoms with Gasteiger partial charge in [-0.25, -0.2) is 9.59 Å². The van der Waals surface area contributed by atoms with Crippen molar-refractivity contribution >= 4 is 17.9 Å². The smallest absolute Gasteiger partial charge is 0.328 e. The van der Waals surface area contributed by atoms with E-state index in [-0.39, 0.29) is 5.91 Å². The van der Waals surface area contributed by atoms with E-state index in [1.165, 1.54) is 11.8 Å². The monoisotopic (exact) mass is 259 g/mol. The average Bonchev–Trinajstić information content (AvgIpc) is 2.35. The topological polar surface area (TPSA) is 110 Å². The number of aliphatic hydroxyl groups excluding tert-OH is 1. The molecule has 0 aliphatic carbocycles. The molecule has 8 nitrogen and oxygen atoms in total. The first-order chi connectivity index (χ1) is 8.45. The van der Waals surface area contributed by atoms with Gasteiger partial charge in [-0.2, -0.15) is 0 Å². The van der Waals surface area contributed by atoms with Crippen molar-refractivity contribution in [1.82, 2.24) is 15.1 Å². The Morgan fingerprint density at radius 1 is 1.17 bits per heavy atom. The summed E-state index contributed by atoms with van der Waals surface area (Å²) in [5.74, 6) is -1.33. The van der Waals surface area contributed by atoms with Gasteiger partial charge in [-0.1, -0.05) is 0 Å². The molecule has 1 saturated heterocycles. The van der Waals surface area contributed by atoms with Gasteiger partial charge in [-0.05, 0) is 0 Å². The number of carboxylic acid groups (broad SMARTS) is 1. The molecule has 1 heterocycles. The number of nitrogens with one attached hydrogen (secondary N) is 1. The minimum atomic E-state index is -1.30. The minimum Gasteiger partial charge on any atom is -0.480 e. The number of urea groups is 1. The van der Waals surface area contributed by atoms with Crippen molar-refractivity contribution < 1.29 is 24.6 Å². The first-order valence-corrected chi connectivity index (χ1v) is 5.60. The maximum Gasteiger partial charge on any atom is 0.328 e. The molecule has 1 aliphatic rings. The second-order valence-corrected chi connectivity index (χ2v) is 4.02. The van der Waals surface area contributed by atoms with Crippen LogP contribution in [-0.2, 0) is 9.59 Å². The number of piperazine rings is 1. The maximum absolute atomic E-state index is 11.7. The summed E-state index contributed by atoms with van der Waals surface area (Å²) in [5.41, 5.74) is 0. The number of carbonyl (C=O) groups is 3. The normalized spacial score (nSPS) is 17.2. The largest absolute Gasteiger partial charge is 0.480 e. The molecule has 1 atom stereocenters. The number of rotatable bonds is 3. The molecule has 0 spiro atoms. The Kier molecular flexibility index (Phi) is 4.90. The molecule has 0 aromatic rings. The standard InChI is InChI=1S/C10H17N3O5/c1-7(15)12-2-4-13(5-3-12)10(18)11-8(6-14)9(16)17/h8,14H,2-6H2,1H3,(H,11,18)(H,16,17). The average molecular weight is 259 g/mol. The Morgan fingerprint density at radius 3 is 2.06 bits per heavy atom. The second kappa shape index (κ2) is 6.20. The lowest BCUT2D eigenvalue weighted by atomic mass is 10.3. The van der Waals surface area contributed by atoms with Gasteiger partial charge in [0.1, 0.15) is 0 Å². The summed E-state index contributed by atoms with van der Waals surface area (Å²) in [5, 5.41) is 19.7. The molecule has 8 heteroatoms. The zero-order valence-corrected chi connectivity index (χ0v) is 10.1. The van der Waals surface area contributed by atoms with Gasteiger partial charge in [0.25, 0.3) is 0 Å². The Balaban J connectivity index is 2.45. The van der Waals surface area contributed by atoms with Crippen LogP contribution in [0.1, 0.15) is 6.92 Å². The van der Waals surface area contributed by atoms with Crippen LogP contribution in [0.25, 0.3) is 0 Å². The molecule has 1 unspecified atom stereocenters. The van der Waals surface area contributed by atoms with Gasteiger partial charge in [-0.3, -0.25) is 4.79 Å². The van der Waals surface area contributed by atoms with Gasteiger partial charge in [-0.15, -0.1) is 0 Å². The third-order valence-electron chi connectivity index (χ3n) is 2.79. The summed E-state index contributed by atoms with van der Waals surface area (Å²) in [6.45, 7) is 2.36. The van der Waals surface area contributed by atoms with E-state index >= 15 is 0 Å². The summed E-state index contributed by atoms with van der Waals surface area (Å²) in [7, 11) is 0. The Labute approximate surface area is 104 Å². The first-order valence-electron chi connectivity index (χ1n) is 5.60. The number of aliphatic hydroxyl groups is 1. The Bertz CT molecular complexity index is 338. The van der Waals surface area contributed by atoms with E-state index in [4.69, 9.17) is 10.2 Å². The molecule has 3 amide bonds. The molecule has 0 aromatic carbocycles. The molecule has 0 radical (unpaired) electrons. The van der Waals surface area contributed by atoms with Gasteiger partial charge in [0, 0.05) is 33.1 Å². The highest BCUT2D eigenvalue weighted by Gasteiger charge is 2.25. The van der Waals surface area contributed by atoms with E-state index in [1.54, 1.807) is 4.90 Å².